The summed E-state index contributed by atoms with van der Waals surface area (Å²) in [5.74, 6) is 1.01. The number of quaternary nitrogens is 1. The molecule has 7 heteroatoms. The molecule has 0 radical (unpaired) electrons. The van der Waals surface area contributed by atoms with Crippen LogP contribution in [0.1, 0.15) is 18.9 Å². The molecule has 1 aromatic rings. The number of amides is 2. The maximum absolute atomic E-state index is 11.9. The van der Waals surface area contributed by atoms with Gasteiger partial charge in [-0.2, -0.15) is 0 Å². The number of nitrogens with one attached hydrogen (secondary N) is 3. The Labute approximate surface area is 143 Å². The number of carbonyl (C=O) groups is 2. The average molecular weight is 338 g/mol. The minimum atomic E-state index is -0.169. The summed E-state index contributed by atoms with van der Waals surface area (Å²) >= 11 is 0. The Morgan fingerprint density at radius 1 is 1.12 bits per heavy atom. The summed E-state index contributed by atoms with van der Waals surface area (Å²) in [5.41, 5.74) is 0.961. The molecule has 24 heavy (non-hydrogen) atoms. The molecule has 1 unspecified atom stereocenters. The van der Waals surface area contributed by atoms with Gasteiger partial charge in [-0.25, -0.2) is 0 Å². The van der Waals surface area contributed by atoms with Crippen LogP contribution in [-0.4, -0.2) is 52.7 Å². The molecular formula is C17H28N3O4+. The van der Waals surface area contributed by atoms with E-state index in [1.165, 1.54) is 0 Å². The van der Waals surface area contributed by atoms with Crippen molar-refractivity contribution in [2.24, 2.45) is 0 Å². The van der Waals surface area contributed by atoms with Crippen LogP contribution in [0.2, 0.25) is 0 Å². The second-order valence-electron chi connectivity index (χ2n) is 5.59. The van der Waals surface area contributed by atoms with Crippen molar-refractivity contribution in [2.45, 2.75) is 19.9 Å². The van der Waals surface area contributed by atoms with Gasteiger partial charge < -0.3 is 25.0 Å². The SMILES string of the molecule is CCCNC(=O)CNC(=O)C[NH+](C)Cc1cccc(OC)c1OC. The molecule has 0 saturated carbocycles. The highest BCUT2D eigenvalue weighted by Crippen LogP contribution is 2.29. The number of benzene rings is 1. The number of carbonyl (C=O) groups excluding carboxylic acids is 2. The summed E-state index contributed by atoms with van der Waals surface area (Å²) < 4.78 is 10.7. The van der Waals surface area contributed by atoms with Crippen molar-refractivity contribution in [3.8, 4) is 11.5 Å². The van der Waals surface area contributed by atoms with E-state index in [0.717, 1.165) is 16.9 Å². The average Bonchev–Trinajstić information content (AvgIpc) is 2.57. The standard InChI is InChI=1S/C17H27N3O4/c1-5-9-18-15(21)10-19-16(22)12-20(2)11-13-7-6-8-14(23-3)17(13)24-4/h6-8H,5,9-12H2,1-4H3,(H,18,21)(H,19,22)/p+1. The lowest BCUT2D eigenvalue weighted by Gasteiger charge is -2.17. The van der Waals surface area contributed by atoms with E-state index in [9.17, 15) is 9.59 Å². The Morgan fingerprint density at radius 3 is 2.50 bits per heavy atom. The van der Waals surface area contributed by atoms with Gasteiger partial charge in [0.15, 0.2) is 18.0 Å². The largest absolute Gasteiger partial charge is 0.493 e. The fourth-order valence-electron chi connectivity index (χ4n) is 2.32. The molecule has 1 rings (SSSR count). The number of rotatable bonds is 10. The van der Waals surface area contributed by atoms with Crippen molar-refractivity contribution in [3.63, 3.8) is 0 Å². The van der Waals surface area contributed by atoms with Gasteiger partial charge in [-0.15, -0.1) is 0 Å². The first kappa shape index (κ1) is 19.8. The zero-order valence-corrected chi connectivity index (χ0v) is 14.9. The Kier molecular flexibility index (Phi) is 8.64. The van der Waals surface area contributed by atoms with E-state index in [4.69, 9.17) is 9.47 Å². The number of hydrogen-bond donors (Lipinski definition) is 3. The van der Waals surface area contributed by atoms with E-state index < -0.39 is 0 Å². The van der Waals surface area contributed by atoms with Crippen molar-refractivity contribution < 1.29 is 24.0 Å². The molecule has 0 aromatic heterocycles. The summed E-state index contributed by atoms with van der Waals surface area (Å²) in [4.78, 5) is 24.4. The van der Waals surface area contributed by atoms with Crippen molar-refractivity contribution >= 4 is 11.8 Å². The quantitative estimate of drug-likeness (QED) is 0.530. The number of likely N-dealkylation sites (N-methyl/N-ethyl adjacent to an activating group) is 1. The van der Waals surface area contributed by atoms with E-state index in [0.29, 0.717) is 24.6 Å². The van der Waals surface area contributed by atoms with Gasteiger partial charge in [-0.05, 0) is 18.6 Å². The van der Waals surface area contributed by atoms with E-state index in [1.54, 1.807) is 14.2 Å². The van der Waals surface area contributed by atoms with E-state index in [2.05, 4.69) is 10.6 Å². The third kappa shape index (κ3) is 6.45. The van der Waals surface area contributed by atoms with Crippen LogP contribution in [-0.2, 0) is 16.1 Å². The molecule has 134 valence electrons. The van der Waals surface area contributed by atoms with Crippen LogP contribution in [0, 0.1) is 0 Å². The molecule has 0 aliphatic carbocycles. The number of hydrogen-bond acceptors (Lipinski definition) is 4. The summed E-state index contributed by atoms with van der Waals surface area (Å²) in [6, 6.07) is 5.67. The number of ether oxygens (including phenoxy) is 2. The molecule has 2 amide bonds. The van der Waals surface area contributed by atoms with Gasteiger partial charge in [0.1, 0.15) is 6.54 Å². The van der Waals surface area contributed by atoms with Crippen LogP contribution in [0.15, 0.2) is 18.2 Å². The van der Waals surface area contributed by atoms with Gasteiger partial charge in [-0.3, -0.25) is 9.59 Å². The Morgan fingerprint density at radius 2 is 1.88 bits per heavy atom. The Balaban J connectivity index is 2.50. The van der Waals surface area contributed by atoms with E-state index >= 15 is 0 Å². The fraction of sp³-hybridized carbons (Fsp3) is 0.529. The second kappa shape index (κ2) is 10.5. The van der Waals surface area contributed by atoms with E-state index in [1.807, 2.05) is 32.2 Å². The number of methoxy groups -OCH3 is 2. The molecule has 0 heterocycles. The molecular weight excluding hydrogens is 310 g/mol. The molecule has 0 bridgehead atoms. The van der Waals surface area contributed by atoms with E-state index in [-0.39, 0.29) is 24.9 Å². The second-order valence-corrected chi connectivity index (χ2v) is 5.59. The summed E-state index contributed by atoms with van der Waals surface area (Å²) in [6.07, 6.45) is 0.870. The molecule has 0 fully saturated rings. The highest BCUT2D eigenvalue weighted by atomic mass is 16.5. The molecule has 0 aliphatic rings. The maximum Gasteiger partial charge on any atom is 0.275 e. The van der Waals surface area contributed by atoms with Gasteiger partial charge in [0.2, 0.25) is 5.91 Å². The maximum atomic E-state index is 11.9. The first-order valence-corrected chi connectivity index (χ1v) is 8.06. The Bertz CT molecular complexity index is 549. The molecule has 1 atom stereocenters. The van der Waals surface area contributed by atoms with Crippen LogP contribution in [0.3, 0.4) is 0 Å². The minimum Gasteiger partial charge on any atom is -0.493 e. The highest BCUT2D eigenvalue weighted by Gasteiger charge is 2.16. The predicted octanol–water partition coefficient (Wildman–Crippen LogP) is -0.639. The van der Waals surface area contributed by atoms with Crippen LogP contribution in [0.4, 0.5) is 0 Å². The van der Waals surface area contributed by atoms with Crippen LogP contribution >= 0.6 is 0 Å². The molecule has 7 nitrogen and oxygen atoms in total. The molecule has 1 aromatic carbocycles. The monoisotopic (exact) mass is 338 g/mol. The van der Waals surface area contributed by atoms with Gasteiger partial charge in [0.25, 0.3) is 5.91 Å². The first-order chi connectivity index (χ1) is 11.5. The van der Waals surface area contributed by atoms with Gasteiger partial charge in [0.05, 0.1) is 33.4 Å². The Hall–Kier alpha value is -2.28. The zero-order chi connectivity index (χ0) is 17.9. The minimum absolute atomic E-state index is 0.00853. The fourth-order valence-corrected chi connectivity index (χ4v) is 2.32. The highest BCUT2D eigenvalue weighted by molar-refractivity contribution is 5.84. The smallest absolute Gasteiger partial charge is 0.275 e. The van der Waals surface area contributed by atoms with Crippen molar-refractivity contribution in [1.29, 1.82) is 0 Å². The lowest BCUT2D eigenvalue weighted by atomic mass is 10.1. The third-order valence-corrected chi connectivity index (χ3v) is 3.46. The van der Waals surface area contributed by atoms with Crippen LogP contribution in [0.5, 0.6) is 11.5 Å². The number of para-hydroxylation sites is 1. The zero-order valence-electron chi connectivity index (χ0n) is 14.9. The molecule has 0 spiro atoms. The lowest BCUT2D eigenvalue weighted by Crippen LogP contribution is -3.08. The van der Waals surface area contributed by atoms with Crippen molar-refractivity contribution in [2.75, 3.05) is 40.9 Å². The molecule has 0 aliphatic heterocycles. The normalized spacial score (nSPS) is 11.5. The van der Waals surface area contributed by atoms with Crippen LogP contribution in [0.25, 0.3) is 0 Å². The van der Waals surface area contributed by atoms with Gasteiger partial charge in [-0.1, -0.05) is 13.0 Å². The van der Waals surface area contributed by atoms with Gasteiger partial charge >= 0.3 is 0 Å². The topological polar surface area (TPSA) is 81.1 Å². The first-order valence-electron chi connectivity index (χ1n) is 8.06. The van der Waals surface area contributed by atoms with Crippen LogP contribution < -0.4 is 25.0 Å². The summed E-state index contributed by atoms with van der Waals surface area (Å²) in [6.45, 7) is 3.48. The predicted molar refractivity (Wildman–Crippen MR) is 91.3 cm³/mol. The molecule has 3 N–H and O–H groups in total. The lowest BCUT2D eigenvalue weighted by molar-refractivity contribution is -0.885. The summed E-state index contributed by atoms with van der Waals surface area (Å²) in [5, 5.41) is 5.35. The van der Waals surface area contributed by atoms with Crippen molar-refractivity contribution in [1.82, 2.24) is 10.6 Å². The van der Waals surface area contributed by atoms with Gasteiger partial charge in [0, 0.05) is 6.54 Å². The summed E-state index contributed by atoms with van der Waals surface area (Å²) in [7, 11) is 5.10. The third-order valence-electron chi connectivity index (χ3n) is 3.46. The molecule has 0 saturated heterocycles. The van der Waals surface area contributed by atoms with Crippen molar-refractivity contribution in [3.05, 3.63) is 23.8 Å².